The summed E-state index contributed by atoms with van der Waals surface area (Å²) in [5, 5.41) is 4.70. The molecule has 0 aliphatic carbocycles. The highest BCUT2D eigenvalue weighted by Crippen LogP contribution is 2.35. The lowest BCUT2D eigenvalue weighted by Gasteiger charge is -2.44. The number of carbonyl (C=O) groups is 4. The minimum absolute atomic E-state index is 0.112. The van der Waals surface area contributed by atoms with Crippen molar-refractivity contribution in [2.24, 2.45) is 0 Å². The second-order valence-electron chi connectivity index (χ2n) is 10.1. The van der Waals surface area contributed by atoms with Gasteiger partial charge in [0.15, 0.2) is 30.4 Å². The fourth-order valence-corrected chi connectivity index (χ4v) is 5.17. The zero-order valence-corrected chi connectivity index (χ0v) is 26.1. The first-order valence-electron chi connectivity index (χ1n) is 14.0. The van der Waals surface area contributed by atoms with Crippen LogP contribution in [-0.2, 0) is 49.3 Å². The predicted octanol–water partition coefficient (Wildman–Crippen LogP) is 3.53. The maximum Gasteiger partial charge on any atom is 0.303 e. The number of aromatic nitrogens is 3. The van der Waals surface area contributed by atoms with Crippen LogP contribution in [0.5, 0.6) is 5.75 Å². The highest BCUT2D eigenvalue weighted by molar-refractivity contribution is 7.71. The van der Waals surface area contributed by atoms with Gasteiger partial charge in [0.05, 0.1) is 12.8 Å². The van der Waals surface area contributed by atoms with Crippen LogP contribution in [0.15, 0.2) is 54.6 Å². The van der Waals surface area contributed by atoms with Crippen LogP contribution in [0.3, 0.4) is 0 Å². The van der Waals surface area contributed by atoms with Gasteiger partial charge in [0, 0.05) is 45.2 Å². The number of esters is 4. The predicted molar refractivity (Wildman–Crippen MR) is 159 cm³/mol. The number of methoxy groups -OCH3 is 1. The van der Waals surface area contributed by atoms with E-state index in [4.69, 9.17) is 50.7 Å². The van der Waals surface area contributed by atoms with E-state index in [2.05, 4.69) is 0 Å². The number of rotatable bonds is 10. The first-order chi connectivity index (χ1) is 21.5. The van der Waals surface area contributed by atoms with Crippen molar-refractivity contribution in [1.82, 2.24) is 14.8 Å². The normalized spacial score (nSPS) is 20.9. The molecule has 3 aromatic rings. The van der Waals surface area contributed by atoms with Gasteiger partial charge in [-0.25, -0.2) is 9.67 Å². The summed E-state index contributed by atoms with van der Waals surface area (Å²) < 4.78 is 35.3. The second kappa shape index (κ2) is 14.9. The Hall–Kier alpha value is -4.69. The topological polar surface area (TPSA) is 154 Å². The SMILES string of the molecule is COc1ccccc1Cc1nc(-c2ccccc2)nn([C@@H]2O[C@H](COC(C)=O)[C@@H](OC(C)=O)[C@H](OC(C)=O)[C@@H]2OC(C)=O)c1=S. The van der Waals surface area contributed by atoms with Gasteiger partial charge >= 0.3 is 23.9 Å². The third-order valence-electron chi connectivity index (χ3n) is 6.69. The first kappa shape index (κ1) is 33.2. The standard InChI is InChI=1S/C31H33N3O10S/c1-17(35)40-16-25-26(41-18(2)36)27(42-19(3)37)28(43-20(4)38)30(44-25)34-31(45)23(15-22-13-9-10-14-24(22)39-5)32-29(33-34)21-11-7-6-8-12-21/h6-14,25-28,30H,15-16H2,1-5H3/t25-,26-,27+,28+,30-/m1/s1. The smallest absolute Gasteiger partial charge is 0.303 e. The Morgan fingerprint density at radius 2 is 1.42 bits per heavy atom. The fourth-order valence-electron chi connectivity index (χ4n) is 4.91. The second-order valence-corrected chi connectivity index (χ2v) is 10.5. The molecule has 0 amide bonds. The molecule has 0 N–H and O–H groups in total. The van der Waals surface area contributed by atoms with Gasteiger partial charge in [-0.3, -0.25) is 19.2 Å². The number of carbonyl (C=O) groups excluding carboxylic acids is 4. The van der Waals surface area contributed by atoms with Crippen molar-refractivity contribution in [3.05, 3.63) is 70.5 Å². The lowest BCUT2D eigenvalue weighted by Crippen LogP contribution is -2.60. The van der Waals surface area contributed by atoms with Crippen LogP contribution in [0.25, 0.3) is 11.4 Å². The van der Waals surface area contributed by atoms with Crippen LogP contribution in [0.4, 0.5) is 0 Å². The molecular formula is C31H33N3O10S. The van der Waals surface area contributed by atoms with E-state index in [9.17, 15) is 19.2 Å². The fraction of sp³-hybridized carbons (Fsp3) is 0.387. The summed E-state index contributed by atoms with van der Waals surface area (Å²) in [7, 11) is 1.56. The quantitative estimate of drug-likeness (QED) is 0.181. The van der Waals surface area contributed by atoms with Gasteiger partial charge in [0.2, 0.25) is 0 Å². The Balaban J connectivity index is 1.94. The molecule has 1 aliphatic rings. The molecule has 14 heteroatoms. The number of para-hydroxylation sites is 1. The number of hydrogen-bond acceptors (Lipinski definition) is 13. The number of ether oxygens (including phenoxy) is 6. The van der Waals surface area contributed by atoms with E-state index in [0.29, 0.717) is 17.0 Å². The van der Waals surface area contributed by atoms with E-state index in [1.54, 1.807) is 7.11 Å². The van der Waals surface area contributed by atoms with Crippen molar-refractivity contribution in [3.8, 4) is 17.1 Å². The molecule has 13 nitrogen and oxygen atoms in total. The molecule has 1 fully saturated rings. The molecule has 238 valence electrons. The zero-order chi connectivity index (χ0) is 32.7. The molecule has 1 aliphatic heterocycles. The maximum absolute atomic E-state index is 12.4. The average molecular weight is 640 g/mol. The molecule has 0 radical (unpaired) electrons. The van der Waals surface area contributed by atoms with Gasteiger partial charge < -0.3 is 28.4 Å². The summed E-state index contributed by atoms with van der Waals surface area (Å²) in [4.78, 5) is 53.4. The van der Waals surface area contributed by atoms with Crippen LogP contribution in [0, 0.1) is 4.64 Å². The largest absolute Gasteiger partial charge is 0.496 e. The number of benzene rings is 2. The summed E-state index contributed by atoms with van der Waals surface area (Å²) in [5.74, 6) is -1.99. The molecule has 5 atom stereocenters. The molecule has 4 rings (SSSR count). The monoisotopic (exact) mass is 639 g/mol. The third-order valence-corrected chi connectivity index (χ3v) is 7.11. The van der Waals surface area contributed by atoms with E-state index in [-0.39, 0.29) is 16.9 Å². The van der Waals surface area contributed by atoms with Crippen LogP contribution in [0.1, 0.15) is 45.2 Å². The van der Waals surface area contributed by atoms with Gasteiger partial charge in [0.25, 0.3) is 0 Å². The van der Waals surface area contributed by atoms with E-state index >= 15 is 0 Å². The minimum atomic E-state index is -1.41. The van der Waals surface area contributed by atoms with Gasteiger partial charge in [0.1, 0.15) is 23.1 Å². The van der Waals surface area contributed by atoms with E-state index in [1.165, 1.54) is 11.6 Å². The summed E-state index contributed by atoms with van der Waals surface area (Å²) in [6.45, 7) is 4.26. The average Bonchev–Trinajstić information content (AvgIpc) is 2.99. The molecular weight excluding hydrogens is 606 g/mol. The van der Waals surface area contributed by atoms with E-state index in [0.717, 1.165) is 26.3 Å². The number of nitrogens with zero attached hydrogens (tertiary/aromatic N) is 3. The van der Waals surface area contributed by atoms with E-state index < -0.39 is 61.1 Å². The van der Waals surface area contributed by atoms with Crippen molar-refractivity contribution in [2.75, 3.05) is 13.7 Å². The van der Waals surface area contributed by atoms with Gasteiger partial charge in [-0.05, 0) is 6.07 Å². The van der Waals surface area contributed by atoms with Gasteiger partial charge in [-0.1, -0.05) is 60.7 Å². The minimum Gasteiger partial charge on any atom is -0.496 e. The zero-order valence-electron chi connectivity index (χ0n) is 25.3. The number of hydrogen-bond donors (Lipinski definition) is 0. The van der Waals surface area contributed by atoms with E-state index in [1.807, 2.05) is 54.6 Å². The molecule has 0 spiro atoms. The van der Waals surface area contributed by atoms with Crippen LogP contribution in [0.2, 0.25) is 0 Å². The molecule has 2 heterocycles. The van der Waals surface area contributed by atoms with Crippen molar-refractivity contribution < 1.29 is 47.6 Å². The molecule has 45 heavy (non-hydrogen) atoms. The molecule has 2 aromatic carbocycles. The Morgan fingerprint density at radius 1 is 0.822 bits per heavy atom. The van der Waals surface area contributed by atoms with Gasteiger partial charge in [-0.2, -0.15) is 0 Å². The highest BCUT2D eigenvalue weighted by Gasteiger charge is 2.53. The molecule has 0 bridgehead atoms. The molecule has 0 unspecified atom stereocenters. The Bertz CT molecular complexity index is 1610. The summed E-state index contributed by atoms with van der Waals surface area (Å²) in [6, 6.07) is 16.5. The summed E-state index contributed by atoms with van der Waals surface area (Å²) >= 11 is 5.90. The molecule has 1 saturated heterocycles. The van der Waals surface area contributed by atoms with Crippen molar-refractivity contribution >= 4 is 36.1 Å². The Morgan fingerprint density at radius 3 is 2.04 bits per heavy atom. The molecule has 1 aromatic heterocycles. The first-order valence-corrected chi connectivity index (χ1v) is 14.4. The summed E-state index contributed by atoms with van der Waals surface area (Å²) in [6.07, 6.45) is -6.44. The van der Waals surface area contributed by atoms with Crippen LogP contribution in [-0.4, -0.2) is 76.8 Å². The summed E-state index contributed by atoms with van der Waals surface area (Å²) in [5.41, 5.74) is 1.85. The van der Waals surface area contributed by atoms with Gasteiger partial charge in [-0.15, -0.1) is 5.10 Å². The van der Waals surface area contributed by atoms with Crippen molar-refractivity contribution in [2.45, 2.75) is 64.8 Å². The van der Waals surface area contributed by atoms with Crippen molar-refractivity contribution in [1.29, 1.82) is 0 Å². The Labute approximate surface area is 264 Å². The maximum atomic E-state index is 12.4. The third kappa shape index (κ3) is 8.28. The lowest BCUT2D eigenvalue weighted by molar-refractivity contribution is -0.270. The molecule has 0 saturated carbocycles. The van der Waals surface area contributed by atoms with Crippen LogP contribution < -0.4 is 4.74 Å². The van der Waals surface area contributed by atoms with Crippen LogP contribution >= 0.6 is 12.2 Å². The lowest BCUT2D eigenvalue weighted by atomic mass is 9.97. The highest BCUT2D eigenvalue weighted by atomic mass is 32.1. The van der Waals surface area contributed by atoms with Crippen molar-refractivity contribution in [3.63, 3.8) is 0 Å². The Kier molecular flexibility index (Phi) is 11.0.